The minimum absolute atomic E-state index is 0.817. The van der Waals surface area contributed by atoms with Gasteiger partial charge in [0.15, 0.2) is 0 Å². The average molecular weight is 222 g/mol. The van der Waals surface area contributed by atoms with Gasteiger partial charge < -0.3 is 0 Å². The van der Waals surface area contributed by atoms with E-state index in [-0.39, 0.29) is 0 Å². The second-order valence-corrected chi connectivity index (χ2v) is 6.78. The molecule has 0 N–H and O–H groups in total. The molecule has 2 fully saturated rings. The molecule has 3 atom stereocenters. The van der Waals surface area contributed by atoms with Gasteiger partial charge in [-0.3, -0.25) is 0 Å². The summed E-state index contributed by atoms with van der Waals surface area (Å²) in [5.74, 6) is 4.21. The number of hydrogen-bond donors (Lipinski definition) is 0. The number of hydrogen-bond acceptors (Lipinski definition) is 0. The predicted octanol–water partition coefficient (Wildman–Crippen LogP) is 5.28. The van der Waals surface area contributed by atoms with Crippen molar-refractivity contribution in [3.63, 3.8) is 0 Å². The maximum atomic E-state index is 2.48. The van der Waals surface area contributed by atoms with E-state index in [1.165, 1.54) is 25.7 Å². The molecule has 94 valence electrons. The van der Waals surface area contributed by atoms with Crippen LogP contribution in [-0.2, 0) is 0 Å². The van der Waals surface area contributed by atoms with Crippen LogP contribution in [0.25, 0.3) is 0 Å². The smallest absolute Gasteiger partial charge is 0.0240 e. The molecule has 0 amide bonds. The van der Waals surface area contributed by atoms with Crippen LogP contribution in [0.4, 0.5) is 0 Å². The van der Waals surface area contributed by atoms with E-state index in [4.69, 9.17) is 0 Å². The highest BCUT2D eigenvalue weighted by Gasteiger charge is 2.58. The van der Waals surface area contributed by atoms with Crippen LogP contribution in [0.5, 0.6) is 0 Å². The molecule has 0 aromatic rings. The van der Waals surface area contributed by atoms with Crippen LogP contribution in [0.3, 0.4) is 0 Å². The first-order valence-corrected chi connectivity index (χ1v) is 7.64. The molecule has 2 saturated carbocycles. The standard InChI is InChI=1S/C16H30/c1-5-7-12(3)14-9-15(10-14)16(8-6-2)11-13(16)4/h12-15H,5-11H2,1-4H3. The van der Waals surface area contributed by atoms with E-state index in [0.717, 1.165) is 29.1 Å². The van der Waals surface area contributed by atoms with E-state index < -0.39 is 0 Å². The largest absolute Gasteiger partial charge is 0.0654 e. The van der Waals surface area contributed by atoms with Crippen molar-refractivity contribution < 1.29 is 0 Å². The van der Waals surface area contributed by atoms with E-state index >= 15 is 0 Å². The van der Waals surface area contributed by atoms with Gasteiger partial charge in [-0.05, 0) is 54.8 Å². The molecular weight excluding hydrogens is 192 g/mol. The highest BCUT2D eigenvalue weighted by atomic mass is 14.6. The first kappa shape index (κ1) is 12.5. The van der Waals surface area contributed by atoms with Gasteiger partial charge in [0.2, 0.25) is 0 Å². The summed E-state index contributed by atoms with van der Waals surface area (Å²) in [5.41, 5.74) is 0.817. The van der Waals surface area contributed by atoms with Gasteiger partial charge in [0.25, 0.3) is 0 Å². The van der Waals surface area contributed by atoms with Crippen molar-refractivity contribution in [2.24, 2.45) is 29.1 Å². The average Bonchev–Trinajstić information content (AvgIpc) is 2.75. The zero-order valence-electron chi connectivity index (χ0n) is 11.8. The molecule has 2 aliphatic carbocycles. The highest BCUT2D eigenvalue weighted by molar-refractivity contribution is 5.07. The van der Waals surface area contributed by atoms with Crippen LogP contribution in [0, 0.1) is 29.1 Å². The predicted molar refractivity (Wildman–Crippen MR) is 71.4 cm³/mol. The normalized spacial score (nSPS) is 43.9. The van der Waals surface area contributed by atoms with Gasteiger partial charge in [-0.2, -0.15) is 0 Å². The molecule has 0 saturated heterocycles. The number of rotatable bonds is 6. The lowest BCUT2D eigenvalue weighted by Crippen LogP contribution is -2.35. The molecule has 0 radical (unpaired) electrons. The molecule has 16 heavy (non-hydrogen) atoms. The molecule has 0 bridgehead atoms. The van der Waals surface area contributed by atoms with E-state index in [9.17, 15) is 0 Å². The van der Waals surface area contributed by atoms with Crippen LogP contribution in [0.2, 0.25) is 0 Å². The summed E-state index contributed by atoms with van der Waals surface area (Å²) in [4.78, 5) is 0. The molecule has 0 heteroatoms. The van der Waals surface area contributed by atoms with E-state index in [1.54, 1.807) is 19.3 Å². The second kappa shape index (κ2) is 4.70. The molecular formula is C16H30. The Bertz CT molecular complexity index is 226. The Morgan fingerprint density at radius 2 is 1.81 bits per heavy atom. The third-order valence-corrected chi connectivity index (χ3v) is 5.76. The summed E-state index contributed by atoms with van der Waals surface area (Å²) in [6.07, 6.45) is 10.4. The lowest BCUT2D eigenvalue weighted by Gasteiger charge is -2.44. The van der Waals surface area contributed by atoms with Gasteiger partial charge in [-0.25, -0.2) is 0 Å². The van der Waals surface area contributed by atoms with Crippen molar-refractivity contribution in [1.29, 1.82) is 0 Å². The van der Waals surface area contributed by atoms with Crippen LogP contribution in [-0.4, -0.2) is 0 Å². The highest BCUT2D eigenvalue weighted by Crippen LogP contribution is 2.67. The maximum absolute atomic E-state index is 2.48. The van der Waals surface area contributed by atoms with Crippen LogP contribution >= 0.6 is 0 Å². The molecule has 2 rings (SSSR count). The summed E-state index contributed by atoms with van der Waals surface area (Å²) in [5, 5.41) is 0. The van der Waals surface area contributed by atoms with Gasteiger partial charge >= 0.3 is 0 Å². The summed E-state index contributed by atoms with van der Waals surface area (Å²) in [7, 11) is 0. The molecule has 0 aromatic heterocycles. The van der Waals surface area contributed by atoms with Gasteiger partial charge in [0.05, 0.1) is 0 Å². The lowest BCUT2D eigenvalue weighted by atomic mass is 9.61. The fraction of sp³-hybridized carbons (Fsp3) is 1.00. The topological polar surface area (TPSA) is 0 Å². The molecule has 0 heterocycles. The molecule has 3 unspecified atom stereocenters. The van der Waals surface area contributed by atoms with Crippen molar-refractivity contribution in [3.05, 3.63) is 0 Å². The summed E-state index contributed by atoms with van der Waals surface area (Å²) in [6.45, 7) is 9.66. The minimum atomic E-state index is 0.817. The summed E-state index contributed by atoms with van der Waals surface area (Å²) < 4.78 is 0. The van der Waals surface area contributed by atoms with E-state index in [1.807, 2.05) is 0 Å². The quantitative estimate of drug-likeness (QED) is 0.574. The Labute approximate surface area is 102 Å². The Morgan fingerprint density at radius 3 is 2.25 bits per heavy atom. The van der Waals surface area contributed by atoms with Gasteiger partial charge in [-0.1, -0.05) is 47.0 Å². The van der Waals surface area contributed by atoms with Crippen molar-refractivity contribution in [1.82, 2.24) is 0 Å². The van der Waals surface area contributed by atoms with Crippen molar-refractivity contribution in [2.45, 2.75) is 72.6 Å². The van der Waals surface area contributed by atoms with Crippen molar-refractivity contribution >= 4 is 0 Å². The van der Waals surface area contributed by atoms with Crippen LogP contribution in [0.15, 0.2) is 0 Å². The molecule has 0 nitrogen and oxygen atoms in total. The van der Waals surface area contributed by atoms with Crippen LogP contribution < -0.4 is 0 Å². The lowest BCUT2D eigenvalue weighted by molar-refractivity contribution is 0.0540. The van der Waals surface area contributed by atoms with Gasteiger partial charge in [0.1, 0.15) is 0 Å². The van der Waals surface area contributed by atoms with E-state index in [0.29, 0.717) is 0 Å². The van der Waals surface area contributed by atoms with Crippen molar-refractivity contribution in [3.8, 4) is 0 Å². The van der Waals surface area contributed by atoms with E-state index in [2.05, 4.69) is 27.7 Å². The first-order chi connectivity index (χ1) is 7.64. The maximum Gasteiger partial charge on any atom is -0.0240 e. The summed E-state index contributed by atoms with van der Waals surface area (Å²) >= 11 is 0. The first-order valence-electron chi connectivity index (χ1n) is 7.64. The minimum Gasteiger partial charge on any atom is -0.0654 e. The Hall–Kier alpha value is 0. The Balaban J connectivity index is 1.79. The third kappa shape index (κ3) is 2.05. The third-order valence-electron chi connectivity index (χ3n) is 5.76. The SMILES string of the molecule is CCCC(C)C1CC(C2(CCC)CC2C)C1. The summed E-state index contributed by atoms with van der Waals surface area (Å²) in [6, 6.07) is 0. The second-order valence-electron chi connectivity index (χ2n) is 6.78. The zero-order valence-corrected chi connectivity index (χ0v) is 11.8. The Morgan fingerprint density at radius 1 is 1.19 bits per heavy atom. The fourth-order valence-electron chi connectivity index (χ4n) is 4.39. The molecule has 0 aromatic carbocycles. The fourth-order valence-corrected chi connectivity index (χ4v) is 4.39. The van der Waals surface area contributed by atoms with Gasteiger partial charge in [0, 0.05) is 0 Å². The molecule has 0 spiro atoms. The molecule has 2 aliphatic rings. The van der Waals surface area contributed by atoms with Crippen LogP contribution in [0.1, 0.15) is 72.6 Å². The monoisotopic (exact) mass is 222 g/mol. The van der Waals surface area contributed by atoms with Gasteiger partial charge in [-0.15, -0.1) is 0 Å². The Kier molecular flexibility index (Phi) is 3.66. The van der Waals surface area contributed by atoms with Crippen molar-refractivity contribution in [2.75, 3.05) is 0 Å². The zero-order chi connectivity index (χ0) is 11.8. The molecule has 0 aliphatic heterocycles.